The largest absolute Gasteiger partial charge is 0.865 e. The fourth-order valence-electron chi connectivity index (χ4n) is 2.04. The lowest BCUT2D eigenvalue weighted by atomic mass is 10.2. The molecule has 2 amide bonds. The fourth-order valence-corrected chi connectivity index (χ4v) is 2.04. The van der Waals surface area contributed by atoms with Gasteiger partial charge in [-0.3, -0.25) is 19.7 Å². The van der Waals surface area contributed by atoms with E-state index in [1.165, 1.54) is 13.2 Å². The summed E-state index contributed by atoms with van der Waals surface area (Å²) < 4.78 is 4.79. The Kier molecular flexibility index (Phi) is 6.42. The fraction of sp³-hybridized carbons (Fsp3) is 0.118. The van der Waals surface area contributed by atoms with Crippen molar-refractivity contribution in [3.8, 4) is 11.5 Å². The summed E-state index contributed by atoms with van der Waals surface area (Å²) in [4.78, 5) is 33.4. The number of nitro groups is 1. The molecule has 0 aromatic heterocycles. The van der Waals surface area contributed by atoms with Gasteiger partial charge in [-0.2, -0.15) is 5.10 Å². The van der Waals surface area contributed by atoms with Crippen LogP contribution in [0.3, 0.4) is 0 Å². The van der Waals surface area contributed by atoms with Crippen LogP contribution in [-0.2, 0) is 16.1 Å². The predicted octanol–water partition coefficient (Wildman–Crippen LogP) is 0.443. The van der Waals surface area contributed by atoms with Crippen molar-refractivity contribution < 1.29 is 24.4 Å². The van der Waals surface area contributed by atoms with E-state index in [2.05, 4.69) is 10.4 Å². The summed E-state index contributed by atoms with van der Waals surface area (Å²) in [6.45, 7) is 0.172. The number of benzene rings is 2. The number of nitro benzene ring substituents is 1. The zero-order valence-corrected chi connectivity index (χ0v) is 14.2. The van der Waals surface area contributed by atoms with Crippen LogP contribution < -0.4 is 20.6 Å². The van der Waals surface area contributed by atoms with Crippen molar-refractivity contribution >= 4 is 23.7 Å². The minimum absolute atomic E-state index is 0.142. The highest BCUT2D eigenvalue weighted by Gasteiger charge is 2.14. The third-order valence-corrected chi connectivity index (χ3v) is 3.36. The van der Waals surface area contributed by atoms with E-state index in [1.807, 2.05) is 11.5 Å². The van der Waals surface area contributed by atoms with Gasteiger partial charge in [0.15, 0.2) is 0 Å². The van der Waals surface area contributed by atoms with Crippen LogP contribution in [0.4, 0.5) is 5.69 Å². The first-order valence-corrected chi connectivity index (χ1v) is 7.61. The molecule has 2 aromatic rings. The van der Waals surface area contributed by atoms with Crippen molar-refractivity contribution in [3.05, 3.63) is 63.7 Å². The van der Waals surface area contributed by atoms with E-state index in [4.69, 9.17) is 4.74 Å². The Bertz CT molecular complexity index is 882. The van der Waals surface area contributed by atoms with Crippen LogP contribution >= 0.6 is 0 Å². The molecule has 0 heterocycles. The number of nitrogens with one attached hydrogen (secondary N) is 2. The topological polar surface area (TPSA) is 146 Å². The van der Waals surface area contributed by atoms with Crippen molar-refractivity contribution in [1.29, 1.82) is 0 Å². The van der Waals surface area contributed by atoms with Crippen molar-refractivity contribution in [2.75, 3.05) is 7.11 Å². The van der Waals surface area contributed by atoms with Gasteiger partial charge in [0.25, 0.3) is 5.69 Å². The minimum Gasteiger partial charge on any atom is -0.865 e. The third kappa shape index (κ3) is 5.26. The monoisotopic (exact) mass is 371 g/mol. The maximum atomic E-state index is 11.7. The van der Waals surface area contributed by atoms with Crippen molar-refractivity contribution in [3.63, 3.8) is 0 Å². The lowest BCUT2D eigenvalue weighted by molar-refractivity contribution is -0.398. The SMILES string of the molecule is COc1cc(/C=N\NC(=O)C(=O)NCc2ccccc2)cc([N+](=O)[O-])c1[O-]. The first kappa shape index (κ1) is 19.4. The quantitative estimate of drug-likeness (QED) is 0.326. The molecule has 0 saturated carbocycles. The highest BCUT2D eigenvalue weighted by Crippen LogP contribution is 2.33. The first-order valence-electron chi connectivity index (χ1n) is 7.61. The number of hydrogen-bond acceptors (Lipinski definition) is 7. The zero-order chi connectivity index (χ0) is 19.8. The van der Waals surface area contributed by atoms with E-state index in [1.54, 1.807) is 24.3 Å². The lowest BCUT2D eigenvalue weighted by Gasteiger charge is -2.12. The molecule has 0 unspecified atom stereocenters. The molecule has 10 nitrogen and oxygen atoms in total. The van der Waals surface area contributed by atoms with Crippen LogP contribution in [0.2, 0.25) is 0 Å². The molecule has 0 aliphatic rings. The zero-order valence-electron chi connectivity index (χ0n) is 14.2. The normalized spacial score (nSPS) is 10.4. The molecule has 140 valence electrons. The second-order valence-electron chi connectivity index (χ2n) is 5.20. The molecule has 0 fully saturated rings. The third-order valence-electron chi connectivity index (χ3n) is 3.36. The summed E-state index contributed by atoms with van der Waals surface area (Å²) in [6.07, 6.45) is 1.05. The Balaban J connectivity index is 1.98. The van der Waals surface area contributed by atoms with Gasteiger partial charge in [-0.05, 0) is 11.6 Å². The molecule has 0 saturated heterocycles. The number of carbonyl (C=O) groups excluding carboxylic acids is 2. The Morgan fingerprint density at radius 1 is 1.22 bits per heavy atom. The van der Waals surface area contributed by atoms with Crippen molar-refractivity contribution in [2.24, 2.45) is 5.10 Å². The second kappa shape index (κ2) is 8.94. The Morgan fingerprint density at radius 3 is 2.56 bits per heavy atom. The number of hydrogen-bond donors (Lipinski definition) is 2. The second-order valence-corrected chi connectivity index (χ2v) is 5.20. The van der Waals surface area contributed by atoms with E-state index < -0.39 is 28.2 Å². The van der Waals surface area contributed by atoms with Gasteiger partial charge in [-0.25, -0.2) is 5.43 Å². The van der Waals surface area contributed by atoms with Gasteiger partial charge in [0.1, 0.15) is 5.75 Å². The van der Waals surface area contributed by atoms with E-state index in [0.717, 1.165) is 17.8 Å². The smallest absolute Gasteiger partial charge is 0.329 e. The summed E-state index contributed by atoms with van der Waals surface area (Å²) >= 11 is 0. The highest BCUT2D eigenvalue weighted by molar-refractivity contribution is 6.35. The van der Waals surface area contributed by atoms with E-state index >= 15 is 0 Å². The molecule has 2 aromatic carbocycles. The summed E-state index contributed by atoms with van der Waals surface area (Å²) in [5, 5.41) is 28.6. The number of rotatable bonds is 6. The molecule has 0 radical (unpaired) electrons. The maximum Gasteiger partial charge on any atom is 0.329 e. The van der Waals surface area contributed by atoms with E-state index in [-0.39, 0.29) is 17.9 Å². The van der Waals surface area contributed by atoms with Gasteiger partial charge in [0.2, 0.25) is 0 Å². The molecule has 2 rings (SSSR count). The van der Waals surface area contributed by atoms with Gasteiger partial charge in [-0.1, -0.05) is 30.3 Å². The van der Waals surface area contributed by atoms with Gasteiger partial charge in [0.05, 0.1) is 18.2 Å². The van der Waals surface area contributed by atoms with Crippen molar-refractivity contribution in [2.45, 2.75) is 6.54 Å². The van der Waals surface area contributed by atoms with Gasteiger partial charge < -0.3 is 15.2 Å². The van der Waals surface area contributed by atoms with Gasteiger partial charge in [0, 0.05) is 23.9 Å². The van der Waals surface area contributed by atoms with Crippen LogP contribution in [0, 0.1) is 10.1 Å². The number of ether oxygens (including phenoxy) is 1. The van der Waals surface area contributed by atoms with Crippen LogP contribution in [0.1, 0.15) is 11.1 Å². The lowest BCUT2D eigenvalue weighted by Crippen LogP contribution is -2.37. The molecule has 10 heteroatoms. The molecule has 0 spiro atoms. The Morgan fingerprint density at radius 2 is 1.93 bits per heavy atom. The molecule has 2 N–H and O–H groups in total. The molecule has 0 bridgehead atoms. The van der Waals surface area contributed by atoms with Crippen LogP contribution in [0.5, 0.6) is 11.5 Å². The molecule has 0 aliphatic heterocycles. The summed E-state index contributed by atoms with van der Waals surface area (Å²) in [7, 11) is 1.19. The number of nitrogens with zero attached hydrogens (tertiary/aromatic N) is 2. The average Bonchev–Trinajstić information content (AvgIpc) is 2.67. The van der Waals surface area contributed by atoms with Crippen LogP contribution in [0.25, 0.3) is 0 Å². The van der Waals surface area contributed by atoms with Crippen molar-refractivity contribution in [1.82, 2.24) is 10.7 Å². The maximum absolute atomic E-state index is 11.7. The molecule has 0 atom stereocenters. The number of methoxy groups -OCH3 is 1. The summed E-state index contributed by atoms with van der Waals surface area (Å²) in [5.74, 6) is -3.01. The molecular formula is C17H15N4O6-. The summed E-state index contributed by atoms with van der Waals surface area (Å²) in [5.41, 5.74) is 2.27. The standard InChI is InChI=1S/C17H16N4O6/c1-27-14-8-12(7-13(15(14)22)21(25)26)10-19-20-17(24)16(23)18-9-11-5-3-2-4-6-11/h2-8,10,22H,9H2,1H3,(H,18,23)(H,20,24)/p-1/b19-10-. The first-order chi connectivity index (χ1) is 12.9. The number of amides is 2. The van der Waals surface area contributed by atoms with Gasteiger partial charge >= 0.3 is 11.8 Å². The van der Waals surface area contributed by atoms with Crippen LogP contribution in [-0.4, -0.2) is 30.1 Å². The Labute approximate surface area is 153 Å². The average molecular weight is 371 g/mol. The summed E-state index contributed by atoms with van der Waals surface area (Å²) in [6, 6.07) is 11.2. The molecule has 0 aliphatic carbocycles. The van der Waals surface area contributed by atoms with Crippen LogP contribution in [0.15, 0.2) is 47.6 Å². The minimum atomic E-state index is -1.01. The van der Waals surface area contributed by atoms with E-state index in [9.17, 15) is 24.8 Å². The molecular weight excluding hydrogens is 356 g/mol. The van der Waals surface area contributed by atoms with E-state index in [0.29, 0.717) is 0 Å². The predicted molar refractivity (Wildman–Crippen MR) is 93.1 cm³/mol. The van der Waals surface area contributed by atoms with Gasteiger partial charge in [-0.15, -0.1) is 0 Å². The number of carbonyl (C=O) groups is 2. The number of hydrazone groups is 1. The Hall–Kier alpha value is -3.95. The highest BCUT2D eigenvalue weighted by atomic mass is 16.6. The molecule has 27 heavy (non-hydrogen) atoms.